The zero-order chi connectivity index (χ0) is 24.4. The van der Waals surface area contributed by atoms with E-state index >= 15 is 0 Å². The Balaban J connectivity index is 1.50. The molecule has 6 rings (SSSR count). The maximum atomic E-state index is 6.34. The van der Waals surface area contributed by atoms with Gasteiger partial charge in [-0.15, -0.1) is 0 Å². The van der Waals surface area contributed by atoms with E-state index in [-0.39, 0.29) is 18.3 Å². The fourth-order valence-corrected chi connectivity index (χ4v) is 4.97. The van der Waals surface area contributed by atoms with Crippen molar-refractivity contribution in [3.63, 3.8) is 0 Å². The van der Waals surface area contributed by atoms with E-state index in [4.69, 9.17) is 9.31 Å². The number of aryl methyl sites for hydroxylation is 1. The van der Waals surface area contributed by atoms with Crippen LogP contribution in [-0.2, 0) is 9.31 Å². The molecule has 5 aromatic rings. The van der Waals surface area contributed by atoms with Crippen molar-refractivity contribution in [1.29, 1.82) is 0 Å². The first-order valence-corrected chi connectivity index (χ1v) is 12.3. The van der Waals surface area contributed by atoms with Crippen LogP contribution in [0.15, 0.2) is 91.0 Å². The number of rotatable bonds is 3. The van der Waals surface area contributed by atoms with Crippen LogP contribution in [0.25, 0.3) is 38.6 Å². The molecular weight excluding hydrogens is 429 g/mol. The average molecular weight is 459 g/mol. The van der Waals surface area contributed by atoms with Crippen LogP contribution >= 0.6 is 0 Å². The largest absolute Gasteiger partial charge is 0.494 e. The van der Waals surface area contributed by atoms with Gasteiger partial charge in [-0.25, -0.2) is 0 Å². The van der Waals surface area contributed by atoms with Crippen LogP contribution in [-0.4, -0.2) is 22.9 Å². The van der Waals surface area contributed by atoms with E-state index in [1.807, 2.05) is 0 Å². The van der Waals surface area contributed by atoms with E-state index in [0.717, 1.165) is 11.2 Å². The van der Waals surface area contributed by atoms with Crippen molar-refractivity contribution in [2.75, 3.05) is 0 Å². The van der Waals surface area contributed by atoms with Crippen molar-refractivity contribution < 1.29 is 9.31 Å². The van der Waals surface area contributed by atoms with E-state index in [1.165, 1.54) is 38.5 Å². The van der Waals surface area contributed by atoms with E-state index in [2.05, 4.69) is 130 Å². The van der Waals surface area contributed by atoms with Gasteiger partial charge in [-0.05, 0) is 81.5 Å². The summed E-state index contributed by atoms with van der Waals surface area (Å²) in [5.41, 5.74) is 7.51. The van der Waals surface area contributed by atoms with Crippen molar-refractivity contribution in [3.8, 4) is 16.8 Å². The second-order valence-electron chi connectivity index (χ2n) is 10.6. The summed E-state index contributed by atoms with van der Waals surface area (Å²) in [4.78, 5) is 0. The molecule has 4 aromatic carbocycles. The maximum absolute atomic E-state index is 6.34. The van der Waals surface area contributed by atoms with Crippen molar-refractivity contribution in [2.45, 2.75) is 45.8 Å². The molecule has 0 saturated carbocycles. The van der Waals surface area contributed by atoms with Gasteiger partial charge < -0.3 is 13.9 Å². The Morgan fingerprint density at radius 1 is 0.629 bits per heavy atom. The summed E-state index contributed by atoms with van der Waals surface area (Å²) in [7, 11) is -0.388. The Kier molecular flexibility index (Phi) is 4.96. The molecule has 0 N–H and O–H groups in total. The van der Waals surface area contributed by atoms with Crippen molar-refractivity contribution in [3.05, 3.63) is 96.6 Å². The number of hydrogen-bond donors (Lipinski definition) is 0. The number of aromatic nitrogens is 1. The number of benzene rings is 4. The topological polar surface area (TPSA) is 23.4 Å². The van der Waals surface area contributed by atoms with Gasteiger partial charge in [-0.1, -0.05) is 66.2 Å². The lowest BCUT2D eigenvalue weighted by Gasteiger charge is -2.32. The summed E-state index contributed by atoms with van der Waals surface area (Å²) in [5.74, 6) is 0. The molecule has 1 fully saturated rings. The lowest BCUT2D eigenvalue weighted by Crippen LogP contribution is -2.41. The molecule has 1 saturated heterocycles. The molecular formula is C31H30BNO2. The first kappa shape index (κ1) is 22.1. The molecule has 0 atom stereocenters. The van der Waals surface area contributed by atoms with Gasteiger partial charge in [-0.2, -0.15) is 0 Å². The fraction of sp³-hybridized carbons (Fsp3) is 0.226. The molecule has 0 bridgehead atoms. The molecule has 0 unspecified atom stereocenters. The standard InChI is InChI=1S/C31H30BNO2/c1-21-13-15-22(16-14-21)23-17-18-29-27(19-23)26-11-6-7-12-28(26)33(29)25-10-8-9-24(20-25)32-34-30(2,3)31(4,5)35-32/h6-20H,1-5H3. The first-order valence-electron chi connectivity index (χ1n) is 12.3. The lowest BCUT2D eigenvalue weighted by molar-refractivity contribution is 0.00578. The monoisotopic (exact) mass is 459 g/mol. The highest BCUT2D eigenvalue weighted by Gasteiger charge is 2.51. The quantitative estimate of drug-likeness (QED) is 0.270. The van der Waals surface area contributed by atoms with Crippen LogP contribution in [0.5, 0.6) is 0 Å². The molecule has 0 amide bonds. The zero-order valence-electron chi connectivity index (χ0n) is 21.0. The summed E-state index contributed by atoms with van der Waals surface area (Å²) in [6, 6.07) is 32.7. The molecule has 1 aliphatic heterocycles. The fourth-order valence-electron chi connectivity index (χ4n) is 4.97. The minimum atomic E-state index is -0.388. The third-order valence-electron chi connectivity index (χ3n) is 7.71. The summed E-state index contributed by atoms with van der Waals surface area (Å²) in [5, 5.41) is 2.50. The van der Waals surface area contributed by atoms with Gasteiger partial charge >= 0.3 is 7.12 Å². The third-order valence-corrected chi connectivity index (χ3v) is 7.71. The zero-order valence-corrected chi connectivity index (χ0v) is 21.0. The second-order valence-corrected chi connectivity index (χ2v) is 10.6. The third kappa shape index (κ3) is 3.60. The predicted octanol–water partition coefficient (Wildman–Crippen LogP) is 7.06. The Bertz CT molecular complexity index is 1550. The molecule has 35 heavy (non-hydrogen) atoms. The maximum Gasteiger partial charge on any atom is 0.494 e. The number of nitrogens with zero attached hydrogens (tertiary/aromatic N) is 1. The average Bonchev–Trinajstić information content (AvgIpc) is 3.29. The molecule has 174 valence electrons. The van der Waals surface area contributed by atoms with E-state index in [9.17, 15) is 0 Å². The van der Waals surface area contributed by atoms with Gasteiger partial charge in [-0.3, -0.25) is 0 Å². The molecule has 0 radical (unpaired) electrons. The molecule has 0 spiro atoms. The molecule has 4 heteroatoms. The first-order chi connectivity index (χ1) is 16.7. The summed E-state index contributed by atoms with van der Waals surface area (Å²) < 4.78 is 15.0. The number of fused-ring (bicyclic) bond motifs is 3. The minimum Gasteiger partial charge on any atom is -0.399 e. The van der Waals surface area contributed by atoms with Crippen LogP contribution in [0.4, 0.5) is 0 Å². The molecule has 3 nitrogen and oxygen atoms in total. The van der Waals surface area contributed by atoms with E-state index in [0.29, 0.717) is 0 Å². The van der Waals surface area contributed by atoms with Crippen LogP contribution in [0.2, 0.25) is 0 Å². The molecule has 2 heterocycles. The number of hydrogen-bond acceptors (Lipinski definition) is 2. The second kappa shape index (κ2) is 7.84. The highest BCUT2D eigenvalue weighted by Crippen LogP contribution is 2.37. The van der Waals surface area contributed by atoms with Crippen LogP contribution in [0.3, 0.4) is 0 Å². The highest BCUT2D eigenvalue weighted by molar-refractivity contribution is 6.62. The smallest absolute Gasteiger partial charge is 0.399 e. The van der Waals surface area contributed by atoms with Gasteiger partial charge in [0.2, 0.25) is 0 Å². The Morgan fingerprint density at radius 2 is 1.29 bits per heavy atom. The normalized spacial score (nSPS) is 16.9. The van der Waals surface area contributed by atoms with Gasteiger partial charge in [0.15, 0.2) is 0 Å². The van der Waals surface area contributed by atoms with Gasteiger partial charge in [0.1, 0.15) is 0 Å². The summed E-state index contributed by atoms with van der Waals surface area (Å²) >= 11 is 0. The van der Waals surface area contributed by atoms with Crippen molar-refractivity contribution >= 4 is 34.4 Å². The Labute approximate surface area is 207 Å². The van der Waals surface area contributed by atoms with E-state index < -0.39 is 0 Å². The van der Waals surface area contributed by atoms with Crippen LogP contribution in [0.1, 0.15) is 33.3 Å². The number of para-hydroxylation sites is 1. The molecule has 1 aliphatic rings. The predicted molar refractivity (Wildman–Crippen MR) is 147 cm³/mol. The summed E-state index contributed by atoms with van der Waals surface area (Å²) in [6.07, 6.45) is 0. The van der Waals surface area contributed by atoms with Gasteiger partial charge in [0.05, 0.1) is 22.2 Å². The Morgan fingerprint density at radius 3 is 2.03 bits per heavy atom. The molecule has 0 aliphatic carbocycles. The van der Waals surface area contributed by atoms with Crippen molar-refractivity contribution in [1.82, 2.24) is 4.57 Å². The summed E-state index contributed by atoms with van der Waals surface area (Å²) in [6.45, 7) is 10.5. The van der Waals surface area contributed by atoms with E-state index in [1.54, 1.807) is 0 Å². The van der Waals surface area contributed by atoms with Gasteiger partial charge in [0.25, 0.3) is 0 Å². The highest BCUT2D eigenvalue weighted by atomic mass is 16.7. The Hall–Kier alpha value is -3.34. The van der Waals surface area contributed by atoms with Crippen molar-refractivity contribution in [2.24, 2.45) is 0 Å². The van der Waals surface area contributed by atoms with Crippen LogP contribution < -0.4 is 5.46 Å². The van der Waals surface area contributed by atoms with Gasteiger partial charge in [0, 0.05) is 16.5 Å². The lowest BCUT2D eigenvalue weighted by atomic mass is 9.79. The minimum absolute atomic E-state index is 0.368. The van der Waals surface area contributed by atoms with Crippen LogP contribution in [0, 0.1) is 6.92 Å². The molecule has 1 aromatic heterocycles. The SMILES string of the molecule is Cc1ccc(-c2ccc3c(c2)c2ccccc2n3-c2cccc(B3OC(C)(C)C(C)(C)O3)c2)cc1.